The molecule has 2 aromatic rings. The number of amides is 1. The number of thiazole rings is 1. The van der Waals surface area contributed by atoms with Gasteiger partial charge in [-0.15, -0.1) is 11.3 Å². The second-order valence-electron chi connectivity index (χ2n) is 6.91. The first-order valence-electron chi connectivity index (χ1n) is 9.05. The lowest BCUT2D eigenvalue weighted by atomic mass is 10.0. The minimum Gasteiger partial charge on any atom is -0.338 e. The third kappa shape index (κ3) is 4.28. The lowest BCUT2D eigenvalue weighted by Gasteiger charge is -2.25. The van der Waals surface area contributed by atoms with Crippen molar-refractivity contribution in [3.05, 3.63) is 40.9 Å². The van der Waals surface area contributed by atoms with Gasteiger partial charge in [0.15, 0.2) is 0 Å². The standard InChI is InChI=1S/C20H27N3OS/c1-14-19(25-20(22-14)17-7-5-4-6-8-17)15(2)23(3)18(24)10-9-16-11-12-21-13-16/h4-8,15-16,21H,9-13H2,1-3H3. The van der Waals surface area contributed by atoms with Gasteiger partial charge in [-0.25, -0.2) is 4.98 Å². The molecule has 2 atom stereocenters. The Bertz CT molecular complexity index is 707. The van der Waals surface area contributed by atoms with Crippen molar-refractivity contribution in [3.8, 4) is 10.6 Å². The van der Waals surface area contributed by atoms with Gasteiger partial charge in [0, 0.05) is 19.0 Å². The van der Waals surface area contributed by atoms with Gasteiger partial charge in [0.05, 0.1) is 16.6 Å². The average Bonchev–Trinajstić information content (AvgIpc) is 3.28. The summed E-state index contributed by atoms with van der Waals surface area (Å²) in [6.45, 7) is 6.29. The van der Waals surface area contributed by atoms with Gasteiger partial charge in [0.1, 0.15) is 5.01 Å². The second kappa shape index (κ2) is 8.11. The molecule has 0 spiro atoms. The Morgan fingerprint density at radius 3 is 2.84 bits per heavy atom. The minimum absolute atomic E-state index is 0.0594. The SMILES string of the molecule is Cc1nc(-c2ccccc2)sc1C(C)N(C)C(=O)CCC1CCNC1. The van der Waals surface area contributed by atoms with Gasteiger partial charge in [0.2, 0.25) is 5.91 Å². The van der Waals surface area contributed by atoms with Crippen LogP contribution in [-0.2, 0) is 4.79 Å². The minimum atomic E-state index is 0.0594. The third-order valence-corrected chi connectivity index (χ3v) is 6.51. The molecule has 25 heavy (non-hydrogen) atoms. The highest BCUT2D eigenvalue weighted by atomic mass is 32.1. The van der Waals surface area contributed by atoms with Crippen molar-refractivity contribution in [2.45, 2.75) is 39.2 Å². The van der Waals surface area contributed by atoms with Crippen LogP contribution in [0.1, 0.15) is 42.8 Å². The quantitative estimate of drug-likeness (QED) is 0.849. The van der Waals surface area contributed by atoms with Crippen molar-refractivity contribution in [3.63, 3.8) is 0 Å². The Kier molecular flexibility index (Phi) is 5.86. The van der Waals surface area contributed by atoms with E-state index in [-0.39, 0.29) is 11.9 Å². The molecule has 0 aliphatic carbocycles. The van der Waals surface area contributed by atoms with Crippen LogP contribution in [0, 0.1) is 12.8 Å². The highest BCUT2D eigenvalue weighted by molar-refractivity contribution is 7.15. The molecule has 1 N–H and O–H groups in total. The van der Waals surface area contributed by atoms with Gasteiger partial charge in [0.25, 0.3) is 0 Å². The van der Waals surface area contributed by atoms with Crippen molar-refractivity contribution < 1.29 is 4.79 Å². The van der Waals surface area contributed by atoms with Crippen LogP contribution in [0.4, 0.5) is 0 Å². The van der Waals surface area contributed by atoms with Gasteiger partial charge in [-0.2, -0.15) is 0 Å². The summed E-state index contributed by atoms with van der Waals surface area (Å²) in [6.07, 6.45) is 2.82. The Morgan fingerprint density at radius 2 is 2.16 bits per heavy atom. The highest BCUT2D eigenvalue weighted by Crippen LogP contribution is 2.34. The number of nitrogens with one attached hydrogen (secondary N) is 1. The lowest BCUT2D eigenvalue weighted by Crippen LogP contribution is -2.29. The van der Waals surface area contributed by atoms with E-state index in [1.54, 1.807) is 11.3 Å². The van der Waals surface area contributed by atoms with Gasteiger partial charge >= 0.3 is 0 Å². The van der Waals surface area contributed by atoms with E-state index in [9.17, 15) is 4.79 Å². The number of carbonyl (C=O) groups excluding carboxylic acids is 1. The largest absolute Gasteiger partial charge is 0.338 e. The predicted molar refractivity (Wildman–Crippen MR) is 104 cm³/mol. The van der Waals surface area contributed by atoms with E-state index in [0.29, 0.717) is 12.3 Å². The number of hydrogen-bond donors (Lipinski definition) is 1. The maximum Gasteiger partial charge on any atom is 0.222 e. The van der Waals surface area contributed by atoms with Crippen LogP contribution in [0.5, 0.6) is 0 Å². The molecule has 1 fully saturated rings. The molecule has 3 rings (SSSR count). The molecule has 0 radical (unpaired) electrons. The first kappa shape index (κ1) is 18.1. The fraction of sp³-hybridized carbons (Fsp3) is 0.500. The van der Waals surface area contributed by atoms with Crippen molar-refractivity contribution in [2.75, 3.05) is 20.1 Å². The summed E-state index contributed by atoms with van der Waals surface area (Å²) in [6, 6.07) is 10.3. The number of benzene rings is 1. The highest BCUT2D eigenvalue weighted by Gasteiger charge is 2.23. The first-order valence-corrected chi connectivity index (χ1v) is 9.87. The maximum atomic E-state index is 12.6. The van der Waals surface area contributed by atoms with Crippen LogP contribution in [0.2, 0.25) is 0 Å². The van der Waals surface area contributed by atoms with Crippen LogP contribution in [0.25, 0.3) is 10.6 Å². The number of nitrogens with zero attached hydrogens (tertiary/aromatic N) is 2. The zero-order valence-electron chi connectivity index (χ0n) is 15.3. The summed E-state index contributed by atoms with van der Waals surface area (Å²) >= 11 is 1.69. The third-order valence-electron chi connectivity index (χ3n) is 5.14. The molecule has 2 unspecified atom stereocenters. The molecule has 1 aromatic heterocycles. The van der Waals surface area contributed by atoms with E-state index in [4.69, 9.17) is 4.98 Å². The van der Waals surface area contributed by atoms with Crippen LogP contribution >= 0.6 is 11.3 Å². The van der Waals surface area contributed by atoms with E-state index < -0.39 is 0 Å². The van der Waals surface area contributed by atoms with E-state index in [1.165, 1.54) is 11.3 Å². The number of aryl methyl sites for hydroxylation is 1. The fourth-order valence-electron chi connectivity index (χ4n) is 3.36. The normalized spacial score (nSPS) is 18.3. The summed E-state index contributed by atoms with van der Waals surface area (Å²) < 4.78 is 0. The molecular formula is C20H27N3OS. The Hall–Kier alpha value is -1.72. The molecule has 1 aliphatic heterocycles. The van der Waals surface area contributed by atoms with Gasteiger partial charge in [-0.3, -0.25) is 4.79 Å². The molecule has 4 nitrogen and oxygen atoms in total. The zero-order valence-corrected chi connectivity index (χ0v) is 16.1. The molecule has 5 heteroatoms. The number of rotatable bonds is 6. The van der Waals surface area contributed by atoms with Crippen LogP contribution < -0.4 is 5.32 Å². The number of aromatic nitrogens is 1. The smallest absolute Gasteiger partial charge is 0.222 e. The Labute approximate surface area is 154 Å². The maximum absolute atomic E-state index is 12.6. The van der Waals surface area contributed by atoms with Crippen molar-refractivity contribution in [1.29, 1.82) is 0 Å². The molecular weight excluding hydrogens is 330 g/mol. The topological polar surface area (TPSA) is 45.2 Å². The average molecular weight is 358 g/mol. The van der Waals surface area contributed by atoms with Crippen LogP contribution in [0.15, 0.2) is 30.3 Å². The Morgan fingerprint density at radius 1 is 1.40 bits per heavy atom. The van der Waals surface area contributed by atoms with Crippen molar-refractivity contribution in [2.24, 2.45) is 5.92 Å². The van der Waals surface area contributed by atoms with E-state index in [2.05, 4.69) is 24.4 Å². The monoisotopic (exact) mass is 357 g/mol. The number of carbonyl (C=O) groups is 1. The predicted octanol–water partition coefficient (Wildman–Crippen LogP) is 4.03. The Balaban J connectivity index is 1.66. The first-order chi connectivity index (χ1) is 12.1. The number of hydrogen-bond acceptors (Lipinski definition) is 4. The second-order valence-corrected chi connectivity index (χ2v) is 7.94. The van der Waals surface area contributed by atoms with Gasteiger partial charge in [-0.1, -0.05) is 30.3 Å². The van der Waals surface area contributed by atoms with Crippen molar-refractivity contribution >= 4 is 17.2 Å². The van der Waals surface area contributed by atoms with E-state index in [0.717, 1.165) is 35.8 Å². The van der Waals surface area contributed by atoms with Crippen LogP contribution in [-0.4, -0.2) is 35.9 Å². The molecule has 1 aliphatic rings. The summed E-state index contributed by atoms with van der Waals surface area (Å²) in [5, 5.41) is 4.39. The molecule has 2 heterocycles. The summed E-state index contributed by atoms with van der Waals surface area (Å²) in [4.78, 5) is 20.4. The molecule has 1 aromatic carbocycles. The summed E-state index contributed by atoms with van der Waals surface area (Å²) in [5.74, 6) is 0.885. The molecule has 0 saturated carbocycles. The molecule has 0 bridgehead atoms. The van der Waals surface area contributed by atoms with Gasteiger partial charge < -0.3 is 10.2 Å². The summed E-state index contributed by atoms with van der Waals surface area (Å²) in [5.41, 5.74) is 2.16. The van der Waals surface area contributed by atoms with E-state index >= 15 is 0 Å². The lowest BCUT2D eigenvalue weighted by molar-refractivity contribution is -0.132. The molecule has 1 saturated heterocycles. The van der Waals surface area contributed by atoms with Gasteiger partial charge in [-0.05, 0) is 45.7 Å². The summed E-state index contributed by atoms with van der Waals surface area (Å²) in [7, 11) is 1.92. The van der Waals surface area contributed by atoms with Crippen LogP contribution in [0.3, 0.4) is 0 Å². The molecule has 134 valence electrons. The fourth-order valence-corrected chi connectivity index (χ4v) is 4.52. The zero-order chi connectivity index (χ0) is 17.8. The molecule has 1 amide bonds. The van der Waals surface area contributed by atoms with E-state index in [1.807, 2.05) is 37.1 Å². The van der Waals surface area contributed by atoms with Crippen molar-refractivity contribution in [1.82, 2.24) is 15.2 Å².